The average molecular weight is 385 g/mol. The molecule has 2 aromatic heterocycles. The van der Waals surface area contributed by atoms with Gasteiger partial charge in [-0.25, -0.2) is 4.98 Å². The van der Waals surface area contributed by atoms with Crippen LogP contribution >= 0.6 is 0 Å². The smallest absolute Gasteiger partial charge is 0.365 e. The van der Waals surface area contributed by atoms with Crippen LogP contribution in [0.15, 0.2) is 6.07 Å². The Bertz CT molecular complexity index is 792. The number of aromatic nitrogens is 4. The molecule has 1 saturated heterocycles. The zero-order chi connectivity index (χ0) is 19.8. The molecule has 1 aliphatic rings. The van der Waals surface area contributed by atoms with Crippen molar-refractivity contribution in [3.05, 3.63) is 17.6 Å². The van der Waals surface area contributed by atoms with Crippen LogP contribution in [0.5, 0.6) is 0 Å². The second kappa shape index (κ2) is 7.23. The summed E-state index contributed by atoms with van der Waals surface area (Å²) in [4.78, 5) is 12.3. The molecule has 0 radical (unpaired) electrons. The quantitative estimate of drug-likeness (QED) is 0.852. The van der Waals surface area contributed by atoms with Crippen LogP contribution in [0.3, 0.4) is 0 Å². The summed E-state index contributed by atoms with van der Waals surface area (Å²) < 4.78 is 40.0. The molecule has 10 heteroatoms. The minimum absolute atomic E-state index is 0.0558. The summed E-state index contributed by atoms with van der Waals surface area (Å²) in [6.07, 6.45) is -3.75. The number of hydrogen-bond donors (Lipinski definition) is 1. The van der Waals surface area contributed by atoms with Gasteiger partial charge in [0.1, 0.15) is 5.82 Å². The van der Waals surface area contributed by atoms with Gasteiger partial charge in [-0.2, -0.15) is 22.7 Å². The Balaban J connectivity index is 1.75. The van der Waals surface area contributed by atoms with E-state index in [4.69, 9.17) is 0 Å². The molecule has 150 valence electrons. The molecule has 3 rings (SSSR count). The summed E-state index contributed by atoms with van der Waals surface area (Å²) in [5, 5.41) is 6.94. The van der Waals surface area contributed by atoms with Crippen molar-refractivity contribution in [1.29, 1.82) is 0 Å². The third kappa shape index (κ3) is 4.86. The van der Waals surface area contributed by atoms with Gasteiger partial charge in [0.25, 0.3) is 11.6 Å². The van der Waals surface area contributed by atoms with Crippen LogP contribution in [0.2, 0.25) is 0 Å². The van der Waals surface area contributed by atoms with Crippen LogP contribution in [0, 0.1) is 6.92 Å². The van der Waals surface area contributed by atoms with Crippen LogP contribution in [0.4, 0.5) is 19.0 Å². The number of anilines is 1. The summed E-state index contributed by atoms with van der Waals surface area (Å²) in [5.74, 6) is -0.775. The van der Waals surface area contributed by atoms with Crippen LogP contribution < -0.4 is 5.32 Å². The van der Waals surface area contributed by atoms with E-state index in [2.05, 4.69) is 37.2 Å². The lowest BCUT2D eigenvalue weighted by atomic mass is 10.00. The van der Waals surface area contributed by atoms with Crippen molar-refractivity contribution in [2.24, 2.45) is 0 Å². The largest absolute Gasteiger partial charge is 0.453 e. The molecule has 0 amide bonds. The highest BCUT2D eigenvalue weighted by Crippen LogP contribution is 2.28. The molecule has 0 aromatic carbocycles. The van der Waals surface area contributed by atoms with Crippen LogP contribution in [0.25, 0.3) is 5.78 Å². The number of alkyl halides is 3. The molecule has 2 aromatic rings. The molecule has 0 bridgehead atoms. The van der Waals surface area contributed by atoms with Crippen molar-refractivity contribution >= 4 is 11.6 Å². The molecular weight excluding hydrogens is 359 g/mol. The lowest BCUT2D eigenvalue weighted by Gasteiger charge is -2.35. The predicted molar refractivity (Wildman–Crippen MR) is 96.8 cm³/mol. The first-order valence-corrected chi connectivity index (χ1v) is 9.04. The maximum Gasteiger partial charge on any atom is 0.453 e. The molecule has 0 atom stereocenters. The molecule has 1 aliphatic heterocycles. The fraction of sp³-hybridized carbons (Fsp3) is 0.706. The van der Waals surface area contributed by atoms with Gasteiger partial charge in [-0.3, -0.25) is 0 Å². The van der Waals surface area contributed by atoms with Crippen LogP contribution in [-0.4, -0.2) is 74.7 Å². The van der Waals surface area contributed by atoms with E-state index < -0.39 is 12.0 Å². The van der Waals surface area contributed by atoms with E-state index in [1.807, 2.05) is 13.8 Å². The van der Waals surface area contributed by atoms with Crippen LogP contribution in [0.1, 0.15) is 31.8 Å². The molecule has 0 saturated carbocycles. The third-order valence-electron chi connectivity index (χ3n) is 4.81. The highest BCUT2D eigenvalue weighted by atomic mass is 19.4. The third-order valence-corrected chi connectivity index (χ3v) is 4.81. The molecule has 1 N–H and O–H groups in total. The molecule has 27 heavy (non-hydrogen) atoms. The van der Waals surface area contributed by atoms with Gasteiger partial charge in [0.2, 0.25) is 0 Å². The number of halogens is 3. The van der Waals surface area contributed by atoms with Gasteiger partial charge in [-0.05, 0) is 34.2 Å². The van der Waals surface area contributed by atoms with Crippen molar-refractivity contribution < 1.29 is 13.2 Å². The summed E-state index contributed by atoms with van der Waals surface area (Å²) in [7, 11) is 2.12. The average Bonchev–Trinajstić information content (AvgIpc) is 2.98. The zero-order valence-corrected chi connectivity index (χ0v) is 16.1. The van der Waals surface area contributed by atoms with E-state index in [1.165, 1.54) is 0 Å². The van der Waals surface area contributed by atoms with Gasteiger partial charge in [-0.15, -0.1) is 5.10 Å². The molecule has 3 heterocycles. The molecule has 7 nitrogen and oxygen atoms in total. The van der Waals surface area contributed by atoms with E-state index in [9.17, 15) is 13.2 Å². The monoisotopic (exact) mass is 385 g/mol. The van der Waals surface area contributed by atoms with Gasteiger partial charge in [-0.1, -0.05) is 0 Å². The van der Waals surface area contributed by atoms with E-state index >= 15 is 0 Å². The van der Waals surface area contributed by atoms with Gasteiger partial charge in [0.15, 0.2) is 0 Å². The minimum Gasteiger partial charge on any atom is -0.365 e. The van der Waals surface area contributed by atoms with E-state index in [1.54, 1.807) is 13.0 Å². The number of hydrogen-bond acceptors (Lipinski definition) is 6. The number of piperazine rings is 1. The van der Waals surface area contributed by atoms with Crippen molar-refractivity contribution in [1.82, 2.24) is 29.4 Å². The lowest BCUT2D eigenvalue weighted by Crippen LogP contribution is -2.46. The number of likely N-dealkylation sites (N-methyl/N-ethyl adjacent to an activating group) is 1. The molecule has 0 aliphatic carbocycles. The second-order valence-electron chi connectivity index (χ2n) is 7.83. The summed E-state index contributed by atoms with van der Waals surface area (Å²) in [6.45, 7) is 10.9. The molecule has 0 unspecified atom stereocenters. The highest BCUT2D eigenvalue weighted by molar-refractivity contribution is 5.47. The standard InChI is InChI=1S/C17H26F3N7/c1-12-11-13(27-15(21-12)22-14(24-27)17(18,19)20)23-16(2,3)5-6-26-9-7-25(4)8-10-26/h11,23H,5-10H2,1-4H3. The van der Waals surface area contributed by atoms with E-state index in [0.717, 1.165) is 43.7 Å². The first-order valence-electron chi connectivity index (χ1n) is 9.04. The fourth-order valence-electron chi connectivity index (χ4n) is 3.11. The van der Waals surface area contributed by atoms with E-state index in [-0.39, 0.29) is 11.3 Å². The normalized spacial score (nSPS) is 17.6. The minimum atomic E-state index is -4.60. The predicted octanol–water partition coefficient (Wildman–Crippen LogP) is 2.28. The highest BCUT2D eigenvalue weighted by Gasteiger charge is 2.37. The van der Waals surface area contributed by atoms with Crippen LogP contribution in [-0.2, 0) is 6.18 Å². The second-order valence-corrected chi connectivity index (χ2v) is 7.83. The van der Waals surface area contributed by atoms with Gasteiger partial charge >= 0.3 is 6.18 Å². The number of nitrogens with zero attached hydrogens (tertiary/aromatic N) is 6. The number of fused-ring (bicyclic) bond motifs is 1. The first-order chi connectivity index (χ1) is 12.5. The summed E-state index contributed by atoms with van der Waals surface area (Å²) in [6, 6.07) is 1.69. The number of rotatable bonds is 5. The SMILES string of the molecule is Cc1cc(NC(C)(C)CCN2CCN(C)CC2)n2nc(C(F)(F)F)nc2n1. The molecule has 1 fully saturated rings. The molecular formula is C17H26F3N7. The maximum absolute atomic E-state index is 13.0. The summed E-state index contributed by atoms with van der Waals surface area (Å²) >= 11 is 0. The Kier molecular flexibility index (Phi) is 5.31. The Morgan fingerprint density at radius 2 is 1.78 bits per heavy atom. The first kappa shape index (κ1) is 19.8. The van der Waals surface area contributed by atoms with E-state index in [0.29, 0.717) is 11.5 Å². The van der Waals surface area contributed by atoms with Crippen molar-refractivity contribution in [3.63, 3.8) is 0 Å². The Morgan fingerprint density at radius 1 is 1.11 bits per heavy atom. The molecule has 0 spiro atoms. The Morgan fingerprint density at radius 3 is 2.41 bits per heavy atom. The Labute approximate surface area is 156 Å². The number of aryl methyl sites for hydroxylation is 1. The fourth-order valence-corrected chi connectivity index (χ4v) is 3.11. The lowest BCUT2D eigenvalue weighted by molar-refractivity contribution is -0.144. The van der Waals surface area contributed by atoms with Gasteiger partial charge < -0.3 is 15.1 Å². The van der Waals surface area contributed by atoms with Gasteiger partial charge in [0.05, 0.1) is 0 Å². The topological polar surface area (TPSA) is 61.6 Å². The van der Waals surface area contributed by atoms with Crippen molar-refractivity contribution in [2.75, 3.05) is 45.1 Å². The Hall–Kier alpha value is -1.94. The number of nitrogens with one attached hydrogen (secondary N) is 1. The van der Waals surface area contributed by atoms with Crippen molar-refractivity contribution in [2.45, 2.75) is 38.9 Å². The van der Waals surface area contributed by atoms with Crippen molar-refractivity contribution in [3.8, 4) is 0 Å². The maximum atomic E-state index is 13.0. The van der Waals surface area contributed by atoms with Gasteiger partial charge in [0, 0.05) is 50.0 Å². The zero-order valence-electron chi connectivity index (χ0n) is 16.1. The summed E-state index contributed by atoms with van der Waals surface area (Å²) in [5.41, 5.74) is 0.259.